The molecule has 0 spiro atoms. The normalized spacial score (nSPS) is 11.8. The van der Waals surface area contributed by atoms with Gasteiger partial charge in [-0.15, -0.1) is 6.58 Å². The van der Waals surface area contributed by atoms with Gasteiger partial charge in [-0.2, -0.15) is 5.26 Å². The number of nitrogens with zero attached hydrogens (tertiary/aromatic N) is 1. The molecular weight excluding hydrogens is 273 g/mol. The van der Waals surface area contributed by atoms with Crippen molar-refractivity contribution >= 4 is 22.6 Å². The van der Waals surface area contributed by atoms with Crippen molar-refractivity contribution in [1.82, 2.24) is 0 Å². The van der Waals surface area contributed by atoms with E-state index in [0.29, 0.717) is 5.92 Å². The van der Waals surface area contributed by atoms with Crippen LogP contribution in [-0.2, 0) is 0 Å². The number of hydrogen-bond acceptors (Lipinski definition) is 1. The van der Waals surface area contributed by atoms with Crippen molar-refractivity contribution < 1.29 is 0 Å². The fourth-order valence-corrected chi connectivity index (χ4v) is 1.77. The van der Waals surface area contributed by atoms with Crippen molar-refractivity contribution in [3.63, 3.8) is 0 Å². The maximum absolute atomic E-state index is 8.76. The van der Waals surface area contributed by atoms with E-state index in [9.17, 15) is 0 Å². The summed E-state index contributed by atoms with van der Waals surface area (Å²) in [5.41, 5.74) is 1.87. The number of halogens is 1. The zero-order chi connectivity index (χ0) is 9.84. The zero-order valence-corrected chi connectivity index (χ0v) is 9.58. The van der Waals surface area contributed by atoms with Crippen LogP contribution in [-0.4, -0.2) is 0 Å². The van der Waals surface area contributed by atoms with Crippen LogP contribution in [0.1, 0.15) is 24.0 Å². The molecule has 0 aromatic heterocycles. The Balaban J connectivity index is 3.17. The van der Waals surface area contributed by atoms with Crippen molar-refractivity contribution in [3.05, 3.63) is 45.6 Å². The largest absolute Gasteiger partial charge is 0.192 e. The minimum absolute atomic E-state index is 0.307. The Bertz CT molecular complexity index is 363. The van der Waals surface area contributed by atoms with Gasteiger partial charge in [-0.1, -0.05) is 13.0 Å². The first-order valence-electron chi connectivity index (χ1n) is 4.00. The van der Waals surface area contributed by atoms with Gasteiger partial charge in [0.05, 0.1) is 11.6 Å². The lowest BCUT2D eigenvalue weighted by Gasteiger charge is -2.06. The second-order valence-corrected chi connectivity index (χ2v) is 4.16. The molecule has 0 fully saturated rings. The molecule has 1 atom stereocenters. The van der Waals surface area contributed by atoms with E-state index in [4.69, 9.17) is 5.26 Å². The predicted molar refractivity (Wildman–Crippen MR) is 62.5 cm³/mol. The van der Waals surface area contributed by atoms with Crippen molar-refractivity contribution in [3.8, 4) is 6.07 Å². The van der Waals surface area contributed by atoms with Crippen LogP contribution in [0.4, 0.5) is 0 Å². The van der Waals surface area contributed by atoms with Gasteiger partial charge in [0.25, 0.3) is 0 Å². The van der Waals surface area contributed by atoms with Gasteiger partial charge < -0.3 is 0 Å². The summed E-state index contributed by atoms with van der Waals surface area (Å²) in [6.07, 6.45) is 1.88. The number of benzene rings is 1. The SMILES string of the molecule is C=CC(C)c1cc(I)cc(C#N)c1. The molecule has 0 amide bonds. The summed E-state index contributed by atoms with van der Waals surface area (Å²) in [7, 11) is 0. The second-order valence-electron chi connectivity index (χ2n) is 2.91. The molecule has 0 bridgehead atoms. The number of hydrogen-bond donors (Lipinski definition) is 0. The molecule has 0 radical (unpaired) electrons. The van der Waals surface area contributed by atoms with Gasteiger partial charge in [0.15, 0.2) is 0 Å². The van der Waals surface area contributed by atoms with Crippen LogP contribution in [0.2, 0.25) is 0 Å². The molecule has 66 valence electrons. The van der Waals surface area contributed by atoms with Crippen LogP contribution in [0.15, 0.2) is 30.9 Å². The van der Waals surface area contributed by atoms with Crippen LogP contribution < -0.4 is 0 Å². The van der Waals surface area contributed by atoms with E-state index in [1.165, 1.54) is 0 Å². The third-order valence-corrected chi connectivity index (χ3v) is 2.55. The molecule has 0 aliphatic carbocycles. The van der Waals surface area contributed by atoms with Gasteiger partial charge in [0.2, 0.25) is 0 Å². The summed E-state index contributed by atoms with van der Waals surface area (Å²) >= 11 is 2.22. The van der Waals surface area contributed by atoms with Gasteiger partial charge in [0.1, 0.15) is 0 Å². The predicted octanol–water partition coefficient (Wildman–Crippen LogP) is 3.45. The average Bonchev–Trinajstić information content (AvgIpc) is 2.15. The van der Waals surface area contributed by atoms with Gasteiger partial charge in [-0.3, -0.25) is 0 Å². The standard InChI is InChI=1S/C11H10IN/c1-3-8(2)10-4-9(7-13)5-11(12)6-10/h3-6,8H,1H2,2H3. The summed E-state index contributed by atoms with van der Waals surface area (Å²) in [6, 6.07) is 8.01. The lowest BCUT2D eigenvalue weighted by atomic mass is 10.00. The molecule has 0 saturated carbocycles. The summed E-state index contributed by atoms with van der Waals surface area (Å²) < 4.78 is 1.10. The first-order valence-corrected chi connectivity index (χ1v) is 5.08. The maximum atomic E-state index is 8.76. The Hall–Kier alpha value is -0.820. The fourth-order valence-electron chi connectivity index (χ4n) is 1.08. The number of allylic oxidation sites excluding steroid dienone is 1. The lowest BCUT2D eigenvalue weighted by Crippen LogP contribution is -1.91. The highest BCUT2D eigenvalue weighted by atomic mass is 127. The first kappa shape index (κ1) is 10.3. The molecule has 13 heavy (non-hydrogen) atoms. The highest BCUT2D eigenvalue weighted by molar-refractivity contribution is 14.1. The Morgan fingerprint density at radius 1 is 1.54 bits per heavy atom. The highest BCUT2D eigenvalue weighted by Crippen LogP contribution is 2.20. The summed E-state index contributed by atoms with van der Waals surface area (Å²) in [6.45, 7) is 5.81. The van der Waals surface area contributed by atoms with E-state index in [1.807, 2.05) is 18.2 Å². The van der Waals surface area contributed by atoms with Gasteiger partial charge in [-0.05, 0) is 52.3 Å². The molecule has 0 heterocycles. The lowest BCUT2D eigenvalue weighted by molar-refractivity contribution is 0.968. The van der Waals surface area contributed by atoms with E-state index in [2.05, 4.69) is 48.2 Å². The molecule has 1 unspecified atom stereocenters. The average molecular weight is 283 g/mol. The van der Waals surface area contributed by atoms with E-state index in [-0.39, 0.29) is 0 Å². The smallest absolute Gasteiger partial charge is 0.0992 e. The molecule has 2 heteroatoms. The molecule has 1 rings (SSSR count). The van der Waals surface area contributed by atoms with Crippen molar-refractivity contribution in [2.45, 2.75) is 12.8 Å². The Kier molecular flexibility index (Phi) is 3.49. The van der Waals surface area contributed by atoms with Crippen molar-refractivity contribution in [2.24, 2.45) is 0 Å². The molecule has 0 saturated heterocycles. The molecule has 1 aromatic carbocycles. The summed E-state index contributed by atoms with van der Waals surface area (Å²) in [4.78, 5) is 0. The first-order chi connectivity index (χ1) is 6.17. The topological polar surface area (TPSA) is 23.8 Å². The van der Waals surface area contributed by atoms with Gasteiger partial charge in [0, 0.05) is 3.57 Å². The third-order valence-electron chi connectivity index (χ3n) is 1.93. The molecule has 0 aliphatic heterocycles. The van der Waals surface area contributed by atoms with Crippen molar-refractivity contribution in [2.75, 3.05) is 0 Å². The molecule has 0 aliphatic rings. The van der Waals surface area contributed by atoms with E-state index < -0.39 is 0 Å². The fraction of sp³-hybridized carbons (Fsp3) is 0.182. The highest BCUT2D eigenvalue weighted by Gasteiger charge is 2.03. The second kappa shape index (κ2) is 4.43. The zero-order valence-electron chi connectivity index (χ0n) is 7.42. The third kappa shape index (κ3) is 2.56. The Labute approximate surface area is 92.2 Å². The van der Waals surface area contributed by atoms with E-state index in [1.54, 1.807) is 0 Å². The molecule has 1 nitrogen and oxygen atoms in total. The molecular formula is C11H10IN. The minimum atomic E-state index is 0.307. The van der Waals surface area contributed by atoms with Crippen LogP contribution in [0, 0.1) is 14.9 Å². The quantitative estimate of drug-likeness (QED) is 0.602. The number of nitriles is 1. The maximum Gasteiger partial charge on any atom is 0.0992 e. The van der Waals surface area contributed by atoms with Crippen LogP contribution in [0.25, 0.3) is 0 Å². The summed E-state index contributed by atoms with van der Waals surface area (Å²) in [5.74, 6) is 0.307. The van der Waals surface area contributed by atoms with Crippen LogP contribution in [0.5, 0.6) is 0 Å². The van der Waals surface area contributed by atoms with Crippen LogP contribution >= 0.6 is 22.6 Å². The van der Waals surface area contributed by atoms with Crippen molar-refractivity contribution in [1.29, 1.82) is 5.26 Å². The van der Waals surface area contributed by atoms with E-state index in [0.717, 1.165) is 14.7 Å². The van der Waals surface area contributed by atoms with Gasteiger partial charge in [-0.25, -0.2) is 0 Å². The summed E-state index contributed by atoms with van der Waals surface area (Å²) in [5, 5.41) is 8.76. The number of rotatable bonds is 2. The molecule has 0 N–H and O–H groups in total. The Morgan fingerprint density at radius 2 is 2.23 bits per heavy atom. The van der Waals surface area contributed by atoms with Crippen LogP contribution in [0.3, 0.4) is 0 Å². The monoisotopic (exact) mass is 283 g/mol. The molecule has 1 aromatic rings. The Morgan fingerprint density at radius 3 is 2.77 bits per heavy atom. The van der Waals surface area contributed by atoms with E-state index >= 15 is 0 Å². The minimum Gasteiger partial charge on any atom is -0.192 e. The van der Waals surface area contributed by atoms with Gasteiger partial charge >= 0.3 is 0 Å².